The molecule has 1 aromatic heterocycles. The van der Waals surface area contributed by atoms with Crippen molar-refractivity contribution in [2.75, 3.05) is 13.2 Å². The van der Waals surface area contributed by atoms with Gasteiger partial charge in [-0.1, -0.05) is 68.4 Å². The number of nitrogens with zero attached hydrogens (tertiary/aromatic N) is 3. The molecule has 0 bridgehead atoms. The van der Waals surface area contributed by atoms with Gasteiger partial charge >= 0.3 is 0 Å². The van der Waals surface area contributed by atoms with Crippen LogP contribution in [0.15, 0.2) is 65.7 Å². The van der Waals surface area contributed by atoms with E-state index < -0.39 is 0 Å². The van der Waals surface area contributed by atoms with Crippen LogP contribution in [0.3, 0.4) is 0 Å². The van der Waals surface area contributed by atoms with Crippen molar-refractivity contribution in [2.45, 2.75) is 39.5 Å². The highest BCUT2D eigenvalue weighted by molar-refractivity contribution is 8.26. The number of para-hydroxylation sites is 1. The van der Waals surface area contributed by atoms with Gasteiger partial charge in [-0.25, -0.2) is 4.68 Å². The number of benzene rings is 2. The SMILES string of the molecule is CCCCCCN1C(=O)/C(=C/c2cn(-c3ccccc3)nc2-c2ccc(OCC)cc2)SC1=S. The van der Waals surface area contributed by atoms with Crippen LogP contribution in [0.5, 0.6) is 5.75 Å². The van der Waals surface area contributed by atoms with Gasteiger partial charge in [0.1, 0.15) is 10.1 Å². The van der Waals surface area contributed by atoms with Crippen molar-refractivity contribution in [1.82, 2.24) is 14.7 Å². The Labute approximate surface area is 210 Å². The van der Waals surface area contributed by atoms with Crippen LogP contribution in [0, 0.1) is 0 Å². The van der Waals surface area contributed by atoms with Crippen molar-refractivity contribution >= 4 is 40.3 Å². The summed E-state index contributed by atoms with van der Waals surface area (Å²) >= 11 is 6.90. The lowest BCUT2D eigenvalue weighted by Gasteiger charge is -2.13. The highest BCUT2D eigenvalue weighted by Crippen LogP contribution is 2.35. The number of ether oxygens (including phenoxy) is 1. The summed E-state index contributed by atoms with van der Waals surface area (Å²) in [6, 6.07) is 17.8. The summed E-state index contributed by atoms with van der Waals surface area (Å²) in [6.45, 7) is 5.44. The fraction of sp³-hybridized carbons (Fsp3) is 0.296. The summed E-state index contributed by atoms with van der Waals surface area (Å²) in [7, 11) is 0. The first-order valence-corrected chi connectivity index (χ1v) is 13.0. The quantitative estimate of drug-likeness (QED) is 0.179. The van der Waals surface area contributed by atoms with E-state index in [0.29, 0.717) is 22.4 Å². The highest BCUT2D eigenvalue weighted by Gasteiger charge is 2.32. The van der Waals surface area contributed by atoms with E-state index in [-0.39, 0.29) is 5.91 Å². The zero-order chi connectivity index (χ0) is 23.9. The van der Waals surface area contributed by atoms with E-state index in [1.165, 1.54) is 18.2 Å². The third kappa shape index (κ3) is 5.59. The van der Waals surface area contributed by atoms with Gasteiger partial charge in [-0.3, -0.25) is 9.69 Å². The molecular formula is C27H29N3O2S2. The molecule has 0 spiro atoms. The van der Waals surface area contributed by atoms with Crippen LogP contribution in [0.4, 0.5) is 0 Å². The Hall–Kier alpha value is -2.90. The first-order valence-electron chi connectivity index (χ1n) is 11.7. The third-order valence-electron chi connectivity index (χ3n) is 5.60. The van der Waals surface area contributed by atoms with Gasteiger partial charge in [0.15, 0.2) is 0 Å². The molecule has 0 N–H and O–H groups in total. The Morgan fingerprint density at radius 1 is 1.03 bits per heavy atom. The van der Waals surface area contributed by atoms with Crippen molar-refractivity contribution in [1.29, 1.82) is 0 Å². The zero-order valence-electron chi connectivity index (χ0n) is 19.6. The van der Waals surface area contributed by atoms with Gasteiger partial charge in [0, 0.05) is 23.9 Å². The molecule has 1 fully saturated rings. The predicted molar refractivity (Wildman–Crippen MR) is 144 cm³/mol. The maximum absolute atomic E-state index is 13.1. The lowest BCUT2D eigenvalue weighted by Crippen LogP contribution is -2.29. The molecule has 0 aliphatic carbocycles. The smallest absolute Gasteiger partial charge is 0.266 e. The number of amides is 1. The number of unbranched alkanes of at least 4 members (excludes halogenated alkanes) is 3. The van der Waals surface area contributed by atoms with Gasteiger partial charge < -0.3 is 4.74 Å². The van der Waals surface area contributed by atoms with Crippen molar-refractivity contribution in [3.63, 3.8) is 0 Å². The molecule has 0 atom stereocenters. The van der Waals surface area contributed by atoms with E-state index >= 15 is 0 Å². The maximum Gasteiger partial charge on any atom is 0.266 e. The van der Waals surface area contributed by atoms with Crippen LogP contribution in [0.2, 0.25) is 0 Å². The molecule has 3 aromatic rings. The topological polar surface area (TPSA) is 47.4 Å². The second kappa shape index (κ2) is 11.5. The van der Waals surface area contributed by atoms with Gasteiger partial charge in [0.2, 0.25) is 0 Å². The van der Waals surface area contributed by atoms with E-state index in [2.05, 4.69) is 6.92 Å². The molecule has 5 nitrogen and oxygen atoms in total. The second-order valence-corrected chi connectivity index (χ2v) is 9.74. The van der Waals surface area contributed by atoms with E-state index in [9.17, 15) is 4.79 Å². The number of carbonyl (C=O) groups is 1. The van der Waals surface area contributed by atoms with Crippen LogP contribution in [-0.2, 0) is 4.79 Å². The van der Waals surface area contributed by atoms with Crippen LogP contribution in [-0.4, -0.2) is 38.1 Å². The van der Waals surface area contributed by atoms with Gasteiger partial charge in [-0.2, -0.15) is 5.10 Å². The van der Waals surface area contributed by atoms with Gasteiger partial charge in [-0.05, 0) is 55.8 Å². The first-order chi connectivity index (χ1) is 16.6. The number of hydrogen-bond donors (Lipinski definition) is 0. The zero-order valence-corrected chi connectivity index (χ0v) is 21.2. The average molecular weight is 492 g/mol. The summed E-state index contributed by atoms with van der Waals surface area (Å²) in [5.41, 5.74) is 3.59. The molecule has 176 valence electrons. The Morgan fingerprint density at radius 3 is 2.50 bits per heavy atom. The molecule has 4 rings (SSSR count). The van der Waals surface area contributed by atoms with Crippen molar-refractivity contribution in [3.05, 3.63) is 71.3 Å². The molecule has 2 heterocycles. The molecular weight excluding hydrogens is 462 g/mol. The number of thiocarbonyl (C=S) groups is 1. The minimum atomic E-state index is -0.0170. The molecule has 34 heavy (non-hydrogen) atoms. The molecule has 1 aliphatic heterocycles. The lowest BCUT2D eigenvalue weighted by atomic mass is 10.1. The standard InChI is InChI=1S/C27H29N3O2S2/c1-3-5-6-10-17-29-26(31)24(34-27(29)33)18-21-19-30(22-11-8-7-9-12-22)28-25(21)20-13-15-23(16-14-20)32-4-2/h7-9,11-16,18-19H,3-6,10,17H2,1-2H3/b24-18-. The summed E-state index contributed by atoms with van der Waals surface area (Å²) < 4.78 is 8.07. The fourth-order valence-corrected chi connectivity index (χ4v) is 5.14. The average Bonchev–Trinajstić information content (AvgIpc) is 3.39. The maximum atomic E-state index is 13.1. The molecule has 1 amide bonds. The highest BCUT2D eigenvalue weighted by atomic mass is 32.2. The molecule has 0 unspecified atom stereocenters. The summed E-state index contributed by atoms with van der Waals surface area (Å²) in [5.74, 6) is 0.802. The van der Waals surface area contributed by atoms with E-state index in [0.717, 1.165) is 47.5 Å². The van der Waals surface area contributed by atoms with Crippen molar-refractivity contribution in [2.24, 2.45) is 0 Å². The third-order valence-corrected chi connectivity index (χ3v) is 6.98. The van der Waals surface area contributed by atoms with E-state index in [1.54, 1.807) is 4.90 Å². The van der Waals surface area contributed by atoms with Gasteiger partial charge in [0.05, 0.1) is 22.9 Å². The van der Waals surface area contributed by atoms with Gasteiger partial charge in [-0.15, -0.1) is 0 Å². The number of thioether (sulfide) groups is 1. The Balaban J connectivity index is 1.66. The molecule has 1 aliphatic rings. The normalized spacial score (nSPS) is 14.9. The first kappa shape index (κ1) is 24.2. The molecule has 0 saturated carbocycles. The Kier molecular flexibility index (Phi) is 8.19. The van der Waals surface area contributed by atoms with Crippen LogP contribution < -0.4 is 4.74 Å². The fourth-order valence-electron chi connectivity index (χ4n) is 3.84. The minimum Gasteiger partial charge on any atom is -0.494 e. The largest absolute Gasteiger partial charge is 0.494 e. The number of carbonyl (C=O) groups excluding carboxylic acids is 1. The minimum absolute atomic E-state index is 0.0170. The molecule has 1 saturated heterocycles. The molecule has 7 heteroatoms. The Bertz CT molecular complexity index is 1170. The van der Waals surface area contributed by atoms with E-state index in [4.69, 9.17) is 22.1 Å². The lowest BCUT2D eigenvalue weighted by molar-refractivity contribution is -0.122. The van der Waals surface area contributed by atoms with Gasteiger partial charge in [0.25, 0.3) is 5.91 Å². The summed E-state index contributed by atoms with van der Waals surface area (Å²) in [6.07, 6.45) is 8.31. The second-order valence-electron chi connectivity index (χ2n) is 8.06. The molecule has 2 aromatic carbocycles. The van der Waals surface area contributed by atoms with Crippen molar-refractivity contribution < 1.29 is 9.53 Å². The Morgan fingerprint density at radius 2 is 1.79 bits per heavy atom. The predicted octanol–water partition coefficient (Wildman–Crippen LogP) is 6.72. The molecule has 0 radical (unpaired) electrons. The van der Waals surface area contributed by atoms with Crippen molar-refractivity contribution in [3.8, 4) is 22.7 Å². The van der Waals surface area contributed by atoms with E-state index in [1.807, 2.05) is 78.5 Å². The number of aromatic nitrogens is 2. The van der Waals surface area contributed by atoms with Crippen LogP contribution in [0.1, 0.15) is 45.1 Å². The summed E-state index contributed by atoms with van der Waals surface area (Å²) in [4.78, 5) is 15.5. The van der Waals surface area contributed by atoms with Crippen LogP contribution in [0.25, 0.3) is 23.0 Å². The van der Waals surface area contributed by atoms with Crippen LogP contribution >= 0.6 is 24.0 Å². The number of hydrogen-bond acceptors (Lipinski definition) is 5. The monoisotopic (exact) mass is 491 g/mol. The summed E-state index contributed by atoms with van der Waals surface area (Å²) in [5, 5.41) is 4.87. The number of rotatable bonds is 10.